The van der Waals surface area contributed by atoms with Crippen molar-refractivity contribution in [1.29, 1.82) is 0 Å². The van der Waals surface area contributed by atoms with Crippen molar-refractivity contribution in [2.24, 2.45) is 0 Å². The van der Waals surface area contributed by atoms with E-state index in [4.69, 9.17) is 0 Å². The van der Waals surface area contributed by atoms with E-state index in [1.54, 1.807) is 0 Å². The maximum absolute atomic E-state index is 12.4. The number of aryl methyl sites for hydroxylation is 1. The van der Waals surface area contributed by atoms with Gasteiger partial charge in [-0.25, -0.2) is 0 Å². The Labute approximate surface area is 120 Å². The maximum Gasteiger partial charge on any atom is 0.163 e. The van der Waals surface area contributed by atoms with E-state index in [0.717, 1.165) is 47.8 Å². The molecule has 2 rings (SSSR count). The lowest BCUT2D eigenvalue weighted by Gasteiger charge is -2.07. The maximum atomic E-state index is 12.4. The molecule has 0 radical (unpaired) electrons. The molecule has 20 heavy (non-hydrogen) atoms. The van der Waals surface area contributed by atoms with Gasteiger partial charge in [-0.15, -0.1) is 6.58 Å². The summed E-state index contributed by atoms with van der Waals surface area (Å²) in [6.45, 7) is 5.65. The number of ketones is 1. The standard InChI is InChI=1S/C18H21NO/c1-3-4-5-6-7-12-18(20)16-13-14(2)19-17-11-9-8-10-15(16)17/h3,8-11,13H,1,4-7,12H2,2H3. The van der Waals surface area contributed by atoms with Gasteiger partial charge >= 0.3 is 0 Å². The van der Waals surface area contributed by atoms with Gasteiger partial charge in [0.05, 0.1) is 5.52 Å². The molecule has 2 heteroatoms. The van der Waals surface area contributed by atoms with E-state index >= 15 is 0 Å². The highest BCUT2D eigenvalue weighted by Crippen LogP contribution is 2.20. The summed E-state index contributed by atoms with van der Waals surface area (Å²) in [5.74, 6) is 0.227. The molecule has 1 heterocycles. The van der Waals surface area contributed by atoms with Crippen molar-refractivity contribution in [2.45, 2.75) is 39.0 Å². The van der Waals surface area contributed by atoms with E-state index in [0.29, 0.717) is 6.42 Å². The van der Waals surface area contributed by atoms with Crippen molar-refractivity contribution in [3.05, 3.63) is 54.2 Å². The Kier molecular flexibility index (Phi) is 5.05. The van der Waals surface area contributed by atoms with E-state index in [2.05, 4.69) is 11.6 Å². The highest BCUT2D eigenvalue weighted by molar-refractivity contribution is 6.07. The lowest BCUT2D eigenvalue weighted by Crippen LogP contribution is -2.02. The van der Waals surface area contributed by atoms with Crippen LogP contribution in [0.5, 0.6) is 0 Å². The van der Waals surface area contributed by atoms with Gasteiger partial charge in [-0.2, -0.15) is 0 Å². The summed E-state index contributed by atoms with van der Waals surface area (Å²) in [5.41, 5.74) is 2.62. The highest BCUT2D eigenvalue weighted by atomic mass is 16.1. The lowest BCUT2D eigenvalue weighted by molar-refractivity contribution is 0.0980. The number of benzene rings is 1. The minimum absolute atomic E-state index is 0.227. The van der Waals surface area contributed by atoms with Crippen molar-refractivity contribution < 1.29 is 4.79 Å². The molecule has 0 aliphatic heterocycles. The number of hydrogen-bond donors (Lipinski definition) is 0. The number of fused-ring (bicyclic) bond motifs is 1. The number of Topliss-reactive ketones (excluding diaryl/α,β-unsaturated/α-hetero) is 1. The fraction of sp³-hybridized carbons (Fsp3) is 0.333. The number of carbonyl (C=O) groups excluding carboxylic acids is 1. The van der Waals surface area contributed by atoms with E-state index in [1.807, 2.05) is 43.3 Å². The summed E-state index contributed by atoms with van der Waals surface area (Å²) in [6.07, 6.45) is 6.73. The van der Waals surface area contributed by atoms with Gasteiger partial charge in [-0.05, 0) is 38.3 Å². The SMILES string of the molecule is C=CCCCCCC(=O)c1cc(C)nc2ccccc12. The van der Waals surface area contributed by atoms with Gasteiger partial charge in [0, 0.05) is 23.1 Å². The van der Waals surface area contributed by atoms with Crippen molar-refractivity contribution in [3.63, 3.8) is 0 Å². The number of unbranched alkanes of at least 4 members (excludes halogenated alkanes) is 3. The largest absolute Gasteiger partial charge is 0.294 e. The summed E-state index contributed by atoms with van der Waals surface area (Å²) in [6, 6.07) is 9.77. The second kappa shape index (κ2) is 6.99. The Bertz CT molecular complexity index is 616. The third-order valence-electron chi connectivity index (χ3n) is 3.46. The monoisotopic (exact) mass is 267 g/mol. The summed E-state index contributed by atoms with van der Waals surface area (Å²) in [4.78, 5) is 16.9. The average Bonchev–Trinajstić information content (AvgIpc) is 2.46. The Morgan fingerprint density at radius 1 is 1.25 bits per heavy atom. The molecular weight excluding hydrogens is 246 g/mol. The predicted octanol–water partition coefficient (Wildman–Crippen LogP) is 4.86. The zero-order valence-electron chi connectivity index (χ0n) is 12.1. The number of para-hydroxylation sites is 1. The van der Waals surface area contributed by atoms with Crippen LogP contribution in [-0.2, 0) is 0 Å². The molecule has 0 spiro atoms. The van der Waals surface area contributed by atoms with Crippen LogP contribution < -0.4 is 0 Å². The molecule has 0 bridgehead atoms. The molecule has 1 aromatic carbocycles. The van der Waals surface area contributed by atoms with Crippen LogP contribution in [0.15, 0.2) is 43.0 Å². The zero-order valence-corrected chi connectivity index (χ0v) is 12.1. The molecule has 0 aliphatic rings. The molecule has 104 valence electrons. The first kappa shape index (κ1) is 14.4. The topological polar surface area (TPSA) is 30.0 Å². The number of rotatable bonds is 7. The molecule has 0 saturated heterocycles. The third-order valence-corrected chi connectivity index (χ3v) is 3.46. The van der Waals surface area contributed by atoms with Gasteiger partial charge in [0.25, 0.3) is 0 Å². The molecule has 0 unspecified atom stereocenters. The van der Waals surface area contributed by atoms with Crippen molar-refractivity contribution in [2.75, 3.05) is 0 Å². The average molecular weight is 267 g/mol. The second-order valence-electron chi connectivity index (χ2n) is 5.14. The number of pyridine rings is 1. The molecule has 0 saturated carbocycles. The zero-order chi connectivity index (χ0) is 14.4. The Morgan fingerprint density at radius 2 is 2.05 bits per heavy atom. The summed E-state index contributed by atoms with van der Waals surface area (Å²) >= 11 is 0. The first-order valence-electron chi connectivity index (χ1n) is 7.23. The Hall–Kier alpha value is -1.96. The minimum Gasteiger partial charge on any atom is -0.294 e. The molecule has 0 fully saturated rings. The summed E-state index contributed by atoms with van der Waals surface area (Å²) in [7, 11) is 0. The molecule has 2 nitrogen and oxygen atoms in total. The third kappa shape index (κ3) is 3.53. The van der Waals surface area contributed by atoms with Crippen LogP contribution in [0.1, 0.15) is 48.2 Å². The number of carbonyl (C=O) groups is 1. The number of hydrogen-bond acceptors (Lipinski definition) is 2. The smallest absolute Gasteiger partial charge is 0.163 e. The van der Waals surface area contributed by atoms with Crippen molar-refractivity contribution in [1.82, 2.24) is 4.98 Å². The van der Waals surface area contributed by atoms with Gasteiger partial charge in [0.2, 0.25) is 0 Å². The molecule has 1 aromatic heterocycles. The van der Waals surface area contributed by atoms with Crippen LogP contribution in [0.3, 0.4) is 0 Å². The van der Waals surface area contributed by atoms with Gasteiger partial charge in [0.1, 0.15) is 0 Å². The highest BCUT2D eigenvalue weighted by Gasteiger charge is 2.11. The van der Waals surface area contributed by atoms with Crippen molar-refractivity contribution in [3.8, 4) is 0 Å². The van der Waals surface area contributed by atoms with E-state index in [-0.39, 0.29) is 5.78 Å². The molecular formula is C18H21NO. The molecule has 2 aromatic rings. The lowest BCUT2D eigenvalue weighted by atomic mass is 10.00. The van der Waals surface area contributed by atoms with Crippen LogP contribution in [-0.4, -0.2) is 10.8 Å². The molecule has 0 amide bonds. The van der Waals surface area contributed by atoms with Crippen LogP contribution in [0.2, 0.25) is 0 Å². The van der Waals surface area contributed by atoms with Crippen molar-refractivity contribution >= 4 is 16.7 Å². The predicted molar refractivity (Wildman–Crippen MR) is 84.1 cm³/mol. The Morgan fingerprint density at radius 3 is 2.85 bits per heavy atom. The van der Waals surface area contributed by atoms with Gasteiger partial charge in [-0.3, -0.25) is 9.78 Å². The van der Waals surface area contributed by atoms with Gasteiger partial charge < -0.3 is 0 Å². The first-order valence-corrected chi connectivity index (χ1v) is 7.23. The number of nitrogens with zero attached hydrogens (tertiary/aromatic N) is 1. The number of aromatic nitrogens is 1. The molecule has 0 atom stereocenters. The molecule has 0 N–H and O–H groups in total. The quantitative estimate of drug-likeness (QED) is 0.407. The minimum atomic E-state index is 0.227. The fourth-order valence-corrected chi connectivity index (χ4v) is 2.42. The van der Waals surface area contributed by atoms with E-state index in [9.17, 15) is 4.79 Å². The first-order chi connectivity index (χ1) is 9.72. The molecule has 0 aliphatic carbocycles. The van der Waals surface area contributed by atoms with E-state index < -0.39 is 0 Å². The summed E-state index contributed by atoms with van der Waals surface area (Å²) < 4.78 is 0. The Balaban J connectivity index is 2.11. The number of allylic oxidation sites excluding steroid dienone is 1. The normalized spacial score (nSPS) is 10.7. The summed E-state index contributed by atoms with van der Waals surface area (Å²) in [5, 5.41) is 0.967. The second-order valence-corrected chi connectivity index (χ2v) is 5.14. The van der Waals surface area contributed by atoms with Gasteiger partial charge in [0.15, 0.2) is 5.78 Å². The van der Waals surface area contributed by atoms with Crippen LogP contribution in [0.4, 0.5) is 0 Å². The van der Waals surface area contributed by atoms with Gasteiger partial charge in [-0.1, -0.05) is 30.7 Å². The van der Waals surface area contributed by atoms with Crippen LogP contribution >= 0.6 is 0 Å². The van der Waals surface area contributed by atoms with E-state index in [1.165, 1.54) is 0 Å². The van der Waals surface area contributed by atoms with Crippen LogP contribution in [0.25, 0.3) is 10.9 Å². The van der Waals surface area contributed by atoms with Crippen LogP contribution in [0, 0.1) is 6.92 Å². The fourth-order valence-electron chi connectivity index (χ4n) is 2.42.